The van der Waals surface area contributed by atoms with Crippen LogP contribution in [0.3, 0.4) is 0 Å². The summed E-state index contributed by atoms with van der Waals surface area (Å²) in [6.07, 6.45) is -0.0487. The Kier molecular flexibility index (Phi) is 10.0. The zero-order chi connectivity index (χ0) is 31.2. The van der Waals surface area contributed by atoms with E-state index in [1.165, 1.54) is 18.2 Å². The zero-order valence-electron chi connectivity index (χ0n) is 24.1. The van der Waals surface area contributed by atoms with Crippen molar-refractivity contribution >= 4 is 33.3 Å². The second-order valence-corrected chi connectivity index (χ2v) is 12.8. The number of benzene rings is 4. The summed E-state index contributed by atoms with van der Waals surface area (Å²) in [5, 5.41) is 11.9. The van der Waals surface area contributed by atoms with Gasteiger partial charge in [0.05, 0.1) is 11.3 Å². The fraction of sp³-hybridized carbons (Fsp3) is 0.242. The van der Waals surface area contributed by atoms with Crippen molar-refractivity contribution in [2.75, 3.05) is 0 Å². The monoisotopic (exact) mass is 620 g/mol. The number of nitrogens with zero attached hydrogens (tertiary/aromatic N) is 1. The number of aryl methyl sites for hydroxylation is 1. The number of carbonyl (C=O) groups is 1. The molecule has 0 spiro atoms. The minimum atomic E-state index is -4.36. The number of nitro benzene ring substituents is 1. The molecule has 43 heavy (non-hydrogen) atoms. The number of para-hydroxylation sites is 1. The van der Waals surface area contributed by atoms with Crippen LogP contribution in [0.15, 0.2) is 108 Å². The Morgan fingerprint density at radius 1 is 0.907 bits per heavy atom. The van der Waals surface area contributed by atoms with Gasteiger partial charge in [0.25, 0.3) is 5.69 Å². The molecule has 4 aromatic rings. The molecule has 0 fully saturated rings. The maximum Gasteiger partial charge on any atom is 0.308 e. The highest BCUT2D eigenvalue weighted by atomic mass is 35.5. The van der Waals surface area contributed by atoms with Crippen molar-refractivity contribution in [1.29, 1.82) is 0 Å². The quantitative estimate of drug-likeness (QED) is 0.0776. The Bertz CT molecular complexity index is 1690. The number of rotatable bonds is 12. The van der Waals surface area contributed by atoms with Crippen molar-refractivity contribution in [1.82, 2.24) is 4.72 Å². The summed E-state index contributed by atoms with van der Waals surface area (Å²) in [7, 11) is -4.36. The van der Waals surface area contributed by atoms with Crippen LogP contribution in [-0.2, 0) is 25.2 Å². The van der Waals surface area contributed by atoms with Gasteiger partial charge in [0.2, 0.25) is 10.0 Å². The van der Waals surface area contributed by atoms with E-state index in [9.17, 15) is 23.3 Å². The number of nitrogens with one attached hydrogen (secondary N) is 1. The lowest BCUT2D eigenvalue weighted by Gasteiger charge is -2.36. The zero-order valence-corrected chi connectivity index (χ0v) is 25.6. The molecule has 0 aliphatic carbocycles. The van der Waals surface area contributed by atoms with E-state index in [2.05, 4.69) is 4.72 Å². The Morgan fingerprint density at radius 3 is 2.12 bits per heavy atom. The molecule has 0 radical (unpaired) electrons. The van der Waals surface area contributed by atoms with Gasteiger partial charge in [0.1, 0.15) is 0 Å². The molecule has 10 heteroatoms. The van der Waals surface area contributed by atoms with Crippen molar-refractivity contribution in [3.05, 3.63) is 141 Å². The fourth-order valence-electron chi connectivity index (χ4n) is 5.13. The van der Waals surface area contributed by atoms with Gasteiger partial charge in [0, 0.05) is 33.8 Å². The van der Waals surface area contributed by atoms with Gasteiger partial charge in [-0.25, -0.2) is 13.1 Å². The highest BCUT2D eigenvalue weighted by Gasteiger charge is 2.42. The molecule has 1 N–H and O–H groups in total. The van der Waals surface area contributed by atoms with Gasteiger partial charge in [-0.05, 0) is 31.4 Å². The Labute approximate surface area is 256 Å². The van der Waals surface area contributed by atoms with E-state index < -0.39 is 43.1 Å². The van der Waals surface area contributed by atoms with Crippen LogP contribution in [0, 0.1) is 23.0 Å². The first kappa shape index (κ1) is 31.9. The average molecular weight is 621 g/mol. The molecule has 0 aliphatic rings. The molecular formula is C33H33ClN2O6S. The van der Waals surface area contributed by atoms with Crippen LogP contribution >= 0.6 is 11.6 Å². The molecule has 0 saturated heterocycles. The van der Waals surface area contributed by atoms with Crippen LogP contribution in [0.25, 0.3) is 0 Å². The summed E-state index contributed by atoms with van der Waals surface area (Å²) in [5.41, 5.74) is 0.859. The van der Waals surface area contributed by atoms with Crippen molar-refractivity contribution in [3.63, 3.8) is 0 Å². The van der Waals surface area contributed by atoms with E-state index in [-0.39, 0.29) is 18.8 Å². The van der Waals surface area contributed by atoms with Crippen molar-refractivity contribution < 1.29 is 22.9 Å². The van der Waals surface area contributed by atoms with E-state index in [1.807, 2.05) is 81.4 Å². The van der Waals surface area contributed by atoms with Crippen molar-refractivity contribution in [3.8, 4) is 0 Å². The van der Waals surface area contributed by atoms with Gasteiger partial charge in [0.15, 0.2) is 10.5 Å². The van der Waals surface area contributed by atoms with Gasteiger partial charge in [-0.1, -0.05) is 116 Å². The normalized spacial score (nSPS) is 13.7. The number of esters is 1. The third-order valence-corrected chi connectivity index (χ3v) is 8.90. The Balaban J connectivity index is 1.77. The Morgan fingerprint density at radius 2 is 1.49 bits per heavy atom. The predicted octanol–water partition coefficient (Wildman–Crippen LogP) is 7.18. The van der Waals surface area contributed by atoms with Crippen LogP contribution in [0.2, 0.25) is 5.02 Å². The lowest BCUT2D eigenvalue weighted by Crippen LogP contribution is -2.41. The van der Waals surface area contributed by atoms with Crippen LogP contribution in [0.1, 0.15) is 48.9 Å². The van der Waals surface area contributed by atoms with Gasteiger partial charge in [-0.2, -0.15) is 0 Å². The molecule has 0 saturated carbocycles. The molecule has 0 aliphatic heterocycles. The average Bonchev–Trinajstić information content (AvgIpc) is 2.96. The summed E-state index contributed by atoms with van der Waals surface area (Å²) in [6, 6.07) is 28.1. The minimum Gasteiger partial charge on any atom is -0.444 e. The number of nitro groups is 1. The Hall–Kier alpha value is -4.05. The SMILES string of the molecule is Cc1ccc(C(OC(=O)C[C@@H](CC(C)C)NS(=O)(=O)c2ccccc2[N+](=O)[O-])(c2ccccc2)c2ccccc2Cl)cc1. The summed E-state index contributed by atoms with van der Waals surface area (Å²) >= 11 is 6.75. The number of ether oxygens (including phenoxy) is 1. The summed E-state index contributed by atoms with van der Waals surface area (Å²) in [4.78, 5) is 24.3. The van der Waals surface area contributed by atoms with Gasteiger partial charge < -0.3 is 4.74 Å². The summed E-state index contributed by atoms with van der Waals surface area (Å²) < 4.78 is 35.7. The maximum atomic E-state index is 13.9. The number of sulfonamides is 1. The van der Waals surface area contributed by atoms with E-state index in [1.54, 1.807) is 18.2 Å². The second kappa shape index (κ2) is 13.5. The molecule has 224 valence electrons. The number of carbonyl (C=O) groups excluding carboxylic acids is 1. The standard InChI is InChI=1S/C33H33ClN2O6S/c1-23(2)21-27(35-43(40,41)31-16-10-9-15-30(31)36(38)39)22-32(37)42-33(25-11-5-4-6-12-25,26-19-17-24(3)18-20-26)28-13-7-8-14-29(28)34/h4-20,23,27,35H,21-22H2,1-3H3/t27-,33?/m1/s1. The largest absolute Gasteiger partial charge is 0.444 e. The third kappa shape index (κ3) is 7.30. The number of halogens is 1. The van der Waals surface area contributed by atoms with Crippen molar-refractivity contribution in [2.45, 2.75) is 50.2 Å². The molecule has 8 nitrogen and oxygen atoms in total. The van der Waals surface area contributed by atoms with Crippen LogP contribution in [-0.4, -0.2) is 25.4 Å². The predicted molar refractivity (Wildman–Crippen MR) is 166 cm³/mol. The third-order valence-electron chi connectivity index (χ3n) is 7.00. The number of hydrogen-bond acceptors (Lipinski definition) is 6. The van der Waals surface area contributed by atoms with Crippen molar-refractivity contribution in [2.24, 2.45) is 5.92 Å². The first-order chi connectivity index (χ1) is 20.4. The molecule has 4 rings (SSSR count). The van der Waals surface area contributed by atoms with E-state index in [0.29, 0.717) is 21.7 Å². The van der Waals surface area contributed by atoms with E-state index in [4.69, 9.17) is 16.3 Å². The van der Waals surface area contributed by atoms with Gasteiger partial charge in [-0.15, -0.1) is 0 Å². The van der Waals surface area contributed by atoms with E-state index >= 15 is 0 Å². The minimum absolute atomic E-state index is 0.00851. The molecule has 0 aromatic heterocycles. The first-order valence-corrected chi connectivity index (χ1v) is 15.7. The lowest BCUT2D eigenvalue weighted by atomic mass is 9.79. The first-order valence-electron chi connectivity index (χ1n) is 13.8. The van der Waals surface area contributed by atoms with Gasteiger partial charge >= 0.3 is 5.97 Å². The van der Waals surface area contributed by atoms with Crippen LogP contribution in [0.5, 0.6) is 0 Å². The van der Waals surface area contributed by atoms with Crippen LogP contribution in [0.4, 0.5) is 5.69 Å². The topological polar surface area (TPSA) is 116 Å². The second-order valence-electron chi connectivity index (χ2n) is 10.7. The van der Waals surface area contributed by atoms with E-state index in [0.717, 1.165) is 11.6 Å². The van der Waals surface area contributed by atoms with Crippen LogP contribution < -0.4 is 4.72 Å². The molecule has 4 aromatic carbocycles. The molecular weight excluding hydrogens is 588 g/mol. The summed E-state index contributed by atoms with van der Waals surface area (Å²) in [5.74, 6) is -0.689. The fourth-order valence-corrected chi connectivity index (χ4v) is 6.82. The molecule has 0 bridgehead atoms. The summed E-state index contributed by atoms with van der Waals surface area (Å²) in [6.45, 7) is 5.74. The van der Waals surface area contributed by atoms with Gasteiger partial charge in [-0.3, -0.25) is 14.9 Å². The molecule has 2 atom stereocenters. The highest BCUT2D eigenvalue weighted by Crippen LogP contribution is 2.44. The molecule has 0 amide bonds. The lowest BCUT2D eigenvalue weighted by molar-refractivity contribution is -0.387. The smallest absolute Gasteiger partial charge is 0.308 e. The highest BCUT2D eigenvalue weighted by molar-refractivity contribution is 7.89. The number of hydrogen-bond donors (Lipinski definition) is 1. The molecule has 1 unspecified atom stereocenters. The maximum absolute atomic E-state index is 13.9. The molecule has 0 heterocycles.